The highest BCUT2D eigenvalue weighted by Gasteiger charge is 2.71. The zero-order valence-corrected chi connectivity index (χ0v) is 22.9. The molecule has 0 saturated heterocycles. The lowest BCUT2D eigenvalue weighted by atomic mass is 9.39. The van der Waals surface area contributed by atoms with E-state index >= 15 is 0 Å². The van der Waals surface area contributed by atoms with Gasteiger partial charge in [0, 0.05) is 17.3 Å². The first-order chi connectivity index (χ1) is 20.5. The van der Waals surface area contributed by atoms with Gasteiger partial charge in [-0.25, -0.2) is 14.4 Å². The predicted octanol–water partition coefficient (Wildman–Crippen LogP) is 4.10. The van der Waals surface area contributed by atoms with Gasteiger partial charge in [-0.15, -0.1) is 10.2 Å². The Morgan fingerprint density at radius 3 is 2.58 bits per heavy atom. The molecular formula is C28H27F4N7O4. The molecule has 226 valence electrons. The second-order valence-electron chi connectivity index (χ2n) is 12.1. The summed E-state index contributed by atoms with van der Waals surface area (Å²) < 4.78 is 64.3. The molecule has 2 aromatic heterocycles. The maximum atomic E-state index is 13.8. The number of aromatic nitrogens is 4. The number of hydrogen-bond donors (Lipinski definition) is 3. The Morgan fingerprint density at radius 2 is 1.88 bits per heavy atom. The Labute approximate surface area is 242 Å². The van der Waals surface area contributed by atoms with Crippen LogP contribution in [0.3, 0.4) is 0 Å². The van der Waals surface area contributed by atoms with Gasteiger partial charge in [0.2, 0.25) is 24.1 Å². The molecule has 2 amide bonds. The average Bonchev–Trinajstić information content (AvgIpc) is 3.69. The molecule has 5 aliphatic carbocycles. The van der Waals surface area contributed by atoms with E-state index in [-0.39, 0.29) is 39.9 Å². The van der Waals surface area contributed by atoms with Crippen LogP contribution >= 0.6 is 0 Å². The molecule has 0 unspecified atom stereocenters. The van der Waals surface area contributed by atoms with Crippen molar-refractivity contribution in [3.63, 3.8) is 0 Å². The van der Waals surface area contributed by atoms with Crippen LogP contribution in [0.4, 0.5) is 29.1 Å². The molecule has 3 N–H and O–H groups in total. The summed E-state index contributed by atoms with van der Waals surface area (Å²) in [4.78, 5) is 35.7. The molecule has 0 radical (unpaired) electrons. The number of carbonyl (C=O) groups excluding carboxylic acids is 2. The molecule has 5 saturated carbocycles. The van der Waals surface area contributed by atoms with E-state index < -0.39 is 41.3 Å². The van der Waals surface area contributed by atoms with Crippen LogP contribution in [0.1, 0.15) is 60.3 Å². The van der Waals surface area contributed by atoms with Crippen LogP contribution in [0.15, 0.2) is 35.3 Å². The van der Waals surface area contributed by atoms with Crippen molar-refractivity contribution in [1.29, 1.82) is 0 Å². The Bertz CT molecular complexity index is 1580. The topological polar surface area (TPSA) is 144 Å². The quantitative estimate of drug-likeness (QED) is 0.325. The van der Waals surface area contributed by atoms with Crippen molar-refractivity contribution in [3.05, 3.63) is 53.8 Å². The van der Waals surface area contributed by atoms with Crippen molar-refractivity contribution in [2.24, 2.45) is 17.8 Å². The smallest absolute Gasteiger partial charge is 0.419 e. The van der Waals surface area contributed by atoms with Gasteiger partial charge < -0.3 is 25.1 Å². The lowest BCUT2D eigenvalue weighted by molar-refractivity contribution is -0.140. The zero-order chi connectivity index (χ0) is 30.1. The Hall–Kier alpha value is -4.30. The third-order valence-electron chi connectivity index (χ3n) is 9.52. The predicted molar refractivity (Wildman–Crippen MR) is 140 cm³/mol. The number of hydrogen-bond acceptors (Lipinski definition) is 9. The van der Waals surface area contributed by atoms with Gasteiger partial charge in [0.05, 0.1) is 24.0 Å². The van der Waals surface area contributed by atoms with E-state index in [1.165, 1.54) is 19.8 Å². The maximum Gasteiger partial charge on any atom is 0.419 e. The van der Waals surface area contributed by atoms with E-state index in [2.05, 4.69) is 36.1 Å². The Morgan fingerprint density at radius 1 is 1.12 bits per heavy atom. The molecule has 4 atom stereocenters. The minimum absolute atomic E-state index is 0.00238. The average molecular weight is 602 g/mol. The number of methoxy groups -OCH3 is 1. The summed E-state index contributed by atoms with van der Waals surface area (Å²) in [6, 6.07) is 1.75. The van der Waals surface area contributed by atoms with Crippen molar-refractivity contribution in [2.45, 2.75) is 61.7 Å². The Balaban J connectivity index is 1.09. The van der Waals surface area contributed by atoms with Gasteiger partial charge in [0.15, 0.2) is 0 Å². The van der Waals surface area contributed by atoms with Gasteiger partial charge in [0.1, 0.15) is 23.5 Å². The first-order valence-corrected chi connectivity index (χ1v) is 13.9. The van der Waals surface area contributed by atoms with Crippen molar-refractivity contribution >= 4 is 23.3 Å². The van der Waals surface area contributed by atoms with E-state index in [4.69, 9.17) is 9.15 Å². The number of halogens is 4. The molecule has 15 heteroatoms. The summed E-state index contributed by atoms with van der Waals surface area (Å²) in [5.74, 6) is -2.31. The third kappa shape index (κ3) is 4.47. The number of alkyl halides is 3. The largest absolute Gasteiger partial charge is 0.480 e. The summed E-state index contributed by atoms with van der Waals surface area (Å²) in [6.45, 7) is 0. The van der Waals surface area contributed by atoms with E-state index in [0.717, 1.165) is 38.2 Å². The molecule has 4 bridgehead atoms. The fourth-order valence-electron chi connectivity index (χ4n) is 7.77. The van der Waals surface area contributed by atoms with E-state index in [1.54, 1.807) is 0 Å². The van der Waals surface area contributed by atoms with E-state index in [0.29, 0.717) is 30.3 Å². The minimum Gasteiger partial charge on any atom is -0.480 e. The standard InChI is InChI=1S/C28H27F4N7O4/c1-42-24-19(21(33-11-34-24)38-27-8-26(9-27,10-27)25-39-35-12-43-25)23(41)37-20-14-3-2-13(6-14)18(20)22(40)36-15-4-5-17(29)16(7-15)28(30,31)32/h4-5,7,11-14,18,20H,2-3,6,8-10H2,1H3,(H,36,40)(H,37,41)(H,33,34,38)/t13-,14+,18+,20-,26?,27?/m1/s1. The number of benzene rings is 1. The normalized spacial score (nSPS) is 30.3. The number of nitrogens with one attached hydrogen (secondary N) is 3. The highest BCUT2D eigenvalue weighted by atomic mass is 19.4. The molecule has 1 aromatic carbocycles. The minimum atomic E-state index is -4.91. The number of ether oxygens (including phenoxy) is 1. The Kier molecular flexibility index (Phi) is 6.15. The van der Waals surface area contributed by atoms with E-state index in [1.807, 2.05) is 0 Å². The summed E-state index contributed by atoms with van der Waals surface area (Å²) in [5.41, 5.74) is -2.03. The first kappa shape index (κ1) is 27.5. The third-order valence-corrected chi connectivity index (χ3v) is 9.52. The molecule has 5 aliphatic rings. The summed E-state index contributed by atoms with van der Waals surface area (Å²) in [5, 5.41) is 16.7. The number of anilines is 2. The number of nitrogens with zero attached hydrogens (tertiary/aromatic N) is 4. The van der Waals surface area contributed by atoms with Crippen LogP contribution in [-0.2, 0) is 16.4 Å². The summed E-state index contributed by atoms with van der Waals surface area (Å²) >= 11 is 0. The zero-order valence-electron chi connectivity index (χ0n) is 22.9. The van der Waals surface area contributed by atoms with Crippen LogP contribution in [0.5, 0.6) is 5.88 Å². The number of fused-ring (bicyclic) bond motifs is 2. The fraction of sp³-hybridized carbons (Fsp3) is 0.500. The molecule has 43 heavy (non-hydrogen) atoms. The number of amides is 2. The monoisotopic (exact) mass is 601 g/mol. The van der Waals surface area contributed by atoms with Crippen molar-refractivity contribution in [2.75, 3.05) is 17.7 Å². The highest BCUT2D eigenvalue weighted by molar-refractivity contribution is 6.02. The van der Waals surface area contributed by atoms with Gasteiger partial charge in [-0.05, 0) is 68.6 Å². The number of rotatable bonds is 8. The molecule has 3 aromatic rings. The van der Waals surface area contributed by atoms with Gasteiger partial charge in [-0.3, -0.25) is 9.59 Å². The molecule has 5 fully saturated rings. The second kappa shape index (κ2) is 9.61. The molecule has 8 rings (SSSR count). The molecule has 11 nitrogen and oxygen atoms in total. The molecular weight excluding hydrogens is 574 g/mol. The summed E-state index contributed by atoms with van der Waals surface area (Å²) in [7, 11) is 1.39. The highest BCUT2D eigenvalue weighted by Crippen LogP contribution is 2.68. The molecule has 0 spiro atoms. The van der Waals surface area contributed by atoms with Gasteiger partial charge in [0.25, 0.3) is 5.91 Å². The summed E-state index contributed by atoms with van der Waals surface area (Å²) in [6.07, 6.45) is 2.09. The van der Waals surface area contributed by atoms with Crippen LogP contribution in [0, 0.1) is 23.6 Å². The first-order valence-electron chi connectivity index (χ1n) is 13.9. The van der Waals surface area contributed by atoms with Crippen LogP contribution in [0.2, 0.25) is 0 Å². The fourth-order valence-corrected chi connectivity index (χ4v) is 7.77. The maximum absolute atomic E-state index is 13.8. The van der Waals surface area contributed by atoms with Crippen LogP contribution < -0.4 is 20.7 Å². The van der Waals surface area contributed by atoms with Crippen molar-refractivity contribution in [3.8, 4) is 5.88 Å². The lowest BCUT2D eigenvalue weighted by Gasteiger charge is -2.68. The van der Waals surface area contributed by atoms with Crippen molar-refractivity contribution < 1.29 is 36.3 Å². The molecule has 0 aliphatic heterocycles. The van der Waals surface area contributed by atoms with Crippen molar-refractivity contribution in [1.82, 2.24) is 25.5 Å². The van der Waals surface area contributed by atoms with Gasteiger partial charge in [-0.2, -0.15) is 13.2 Å². The lowest BCUT2D eigenvalue weighted by Crippen LogP contribution is -2.73. The van der Waals surface area contributed by atoms with Crippen LogP contribution in [-0.4, -0.2) is 50.7 Å². The number of carbonyl (C=O) groups is 2. The van der Waals surface area contributed by atoms with Crippen LogP contribution in [0.25, 0.3) is 0 Å². The van der Waals surface area contributed by atoms with E-state index in [9.17, 15) is 27.2 Å². The molecule has 2 heterocycles. The second-order valence-corrected chi connectivity index (χ2v) is 12.1. The van der Waals surface area contributed by atoms with Gasteiger partial charge >= 0.3 is 6.18 Å². The van der Waals surface area contributed by atoms with Gasteiger partial charge in [-0.1, -0.05) is 0 Å². The SMILES string of the molecule is COc1ncnc(NC23CC(c4nnco4)(C2)C3)c1C(=O)N[C@@H]1[C@H]2CC[C@H](C2)[C@@H]1C(=O)Nc1ccc(F)c(C(F)(F)F)c1.